The van der Waals surface area contributed by atoms with Gasteiger partial charge in [0.1, 0.15) is 5.82 Å². The molecule has 102 valence electrons. The molecule has 0 saturated heterocycles. The van der Waals surface area contributed by atoms with Gasteiger partial charge < -0.3 is 10.3 Å². The highest BCUT2D eigenvalue weighted by Gasteiger charge is 2.27. The van der Waals surface area contributed by atoms with E-state index in [4.69, 9.17) is 10.3 Å². The second-order valence-electron chi connectivity index (χ2n) is 4.75. The number of halogens is 2. The van der Waals surface area contributed by atoms with Crippen molar-refractivity contribution in [3.8, 4) is 11.4 Å². The zero-order valence-corrected chi connectivity index (χ0v) is 12.4. The van der Waals surface area contributed by atoms with Crippen LogP contribution in [0.2, 0.25) is 0 Å². The Balaban J connectivity index is 2.35. The Morgan fingerprint density at radius 2 is 2.16 bits per heavy atom. The Morgan fingerprint density at radius 1 is 1.42 bits per heavy atom. The van der Waals surface area contributed by atoms with Gasteiger partial charge >= 0.3 is 0 Å². The first-order chi connectivity index (χ1) is 8.92. The van der Waals surface area contributed by atoms with Gasteiger partial charge in [0.05, 0.1) is 5.54 Å². The molecule has 2 N–H and O–H groups in total. The maximum atomic E-state index is 13.3. The van der Waals surface area contributed by atoms with Gasteiger partial charge in [-0.15, -0.1) is 0 Å². The largest absolute Gasteiger partial charge is 0.337 e. The van der Waals surface area contributed by atoms with E-state index in [0.29, 0.717) is 21.8 Å². The van der Waals surface area contributed by atoms with Gasteiger partial charge in [0.2, 0.25) is 11.7 Å². The quantitative estimate of drug-likeness (QED) is 0.931. The lowest BCUT2D eigenvalue weighted by Gasteiger charge is -2.18. The minimum atomic E-state index is -0.662. The summed E-state index contributed by atoms with van der Waals surface area (Å²) in [5, 5.41) is 3.86. The third-order valence-electron chi connectivity index (χ3n) is 2.80. The molecule has 2 rings (SSSR count). The molecule has 1 heterocycles. The normalized spacial score (nSPS) is 14.4. The van der Waals surface area contributed by atoms with Crippen LogP contribution in [0.25, 0.3) is 11.4 Å². The molecule has 0 bridgehead atoms. The van der Waals surface area contributed by atoms with Gasteiger partial charge in [-0.05, 0) is 31.5 Å². The van der Waals surface area contributed by atoms with Crippen LogP contribution < -0.4 is 5.73 Å². The smallest absolute Gasteiger partial charge is 0.246 e. The van der Waals surface area contributed by atoms with E-state index >= 15 is 0 Å². The van der Waals surface area contributed by atoms with E-state index in [0.717, 1.165) is 12.8 Å². The second kappa shape index (κ2) is 5.38. The maximum Gasteiger partial charge on any atom is 0.246 e. The summed E-state index contributed by atoms with van der Waals surface area (Å²) in [6.45, 7) is 3.88. The molecular formula is C13H15BrFN3O. The number of nitrogens with two attached hydrogens (primary N) is 1. The molecule has 1 aromatic carbocycles. The van der Waals surface area contributed by atoms with Crippen LogP contribution in [0.1, 0.15) is 32.6 Å². The number of hydrogen-bond acceptors (Lipinski definition) is 4. The molecule has 6 heteroatoms. The van der Waals surface area contributed by atoms with Crippen molar-refractivity contribution in [2.24, 2.45) is 5.73 Å². The van der Waals surface area contributed by atoms with Gasteiger partial charge in [0.15, 0.2) is 0 Å². The van der Waals surface area contributed by atoms with Gasteiger partial charge in [-0.3, -0.25) is 0 Å². The van der Waals surface area contributed by atoms with Crippen molar-refractivity contribution >= 4 is 15.9 Å². The van der Waals surface area contributed by atoms with Crippen LogP contribution in [0, 0.1) is 5.82 Å². The highest BCUT2D eigenvalue weighted by Crippen LogP contribution is 2.26. The molecule has 0 saturated carbocycles. The standard InChI is InChI=1S/C13H15BrFN3O/c1-3-4-13(2,16)12-17-11(18-19-12)8-5-9(14)7-10(15)6-8/h5-7H,3-4,16H2,1-2H3. The molecule has 1 unspecified atom stereocenters. The Bertz CT molecular complexity index is 563. The molecule has 0 spiro atoms. The number of aromatic nitrogens is 2. The van der Waals surface area contributed by atoms with Crippen molar-refractivity contribution < 1.29 is 8.91 Å². The van der Waals surface area contributed by atoms with E-state index in [1.807, 2.05) is 13.8 Å². The monoisotopic (exact) mass is 327 g/mol. The molecule has 0 amide bonds. The van der Waals surface area contributed by atoms with Crippen LogP contribution in [-0.4, -0.2) is 10.1 Å². The van der Waals surface area contributed by atoms with Gasteiger partial charge in [-0.2, -0.15) is 4.98 Å². The molecule has 1 aromatic heterocycles. The summed E-state index contributed by atoms with van der Waals surface area (Å²) >= 11 is 3.23. The molecule has 0 aliphatic carbocycles. The van der Waals surface area contributed by atoms with Crippen molar-refractivity contribution in [2.75, 3.05) is 0 Å². The summed E-state index contributed by atoms with van der Waals surface area (Å²) in [6, 6.07) is 4.45. The van der Waals surface area contributed by atoms with Crippen molar-refractivity contribution in [1.29, 1.82) is 0 Å². The van der Waals surface area contributed by atoms with Crippen molar-refractivity contribution in [3.63, 3.8) is 0 Å². The Kier molecular flexibility index (Phi) is 4.01. The SMILES string of the molecule is CCCC(C)(N)c1nc(-c2cc(F)cc(Br)c2)no1. The van der Waals surface area contributed by atoms with Gasteiger partial charge in [-0.25, -0.2) is 4.39 Å². The van der Waals surface area contributed by atoms with E-state index in [9.17, 15) is 4.39 Å². The third-order valence-corrected chi connectivity index (χ3v) is 3.26. The Hall–Kier alpha value is -1.27. The summed E-state index contributed by atoms with van der Waals surface area (Å²) in [5.41, 5.74) is 6.01. The molecule has 0 fully saturated rings. The van der Waals surface area contributed by atoms with Crippen molar-refractivity contribution in [3.05, 3.63) is 34.4 Å². The number of hydrogen-bond donors (Lipinski definition) is 1. The molecule has 4 nitrogen and oxygen atoms in total. The van der Waals surface area contributed by atoms with Crippen LogP contribution in [0.4, 0.5) is 4.39 Å². The van der Waals surface area contributed by atoms with E-state index in [2.05, 4.69) is 26.1 Å². The van der Waals surface area contributed by atoms with Crippen molar-refractivity contribution in [2.45, 2.75) is 32.2 Å². The van der Waals surface area contributed by atoms with Crippen LogP contribution in [0.3, 0.4) is 0 Å². The third kappa shape index (κ3) is 3.19. The highest BCUT2D eigenvalue weighted by molar-refractivity contribution is 9.10. The zero-order valence-electron chi connectivity index (χ0n) is 10.8. The zero-order chi connectivity index (χ0) is 14.0. The van der Waals surface area contributed by atoms with Gasteiger partial charge in [0, 0.05) is 10.0 Å². The fourth-order valence-electron chi connectivity index (χ4n) is 1.88. The summed E-state index contributed by atoms with van der Waals surface area (Å²) in [6.07, 6.45) is 1.65. The molecule has 0 aliphatic heterocycles. The van der Waals surface area contributed by atoms with Crippen LogP contribution in [-0.2, 0) is 5.54 Å². The summed E-state index contributed by atoms with van der Waals surface area (Å²) in [5.74, 6) is 0.340. The molecule has 1 atom stereocenters. The Labute approximate surface area is 119 Å². The average Bonchev–Trinajstić information content (AvgIpc) is 2.77. The second-order valence-corrected chi connectivity index (χ2v) is 5.66. The van der Waals surface area contributed by atoms with E-state index in [1.165, 1.54) is 12.1 Å². The lowest BCUT2D eigenvalue weighted by Crippen LogP contribution is -2.33. The first-order valence-corrected chi connectivity index (χ1v) is 6.81. The fourth-order valence-corrected chi connectivity index (χ4v) is 2.35. The fraction of sp³-hybridized carbons (Fsp3) is 0.385. The molecule has 2 aromatic rings. The maximum absolute atomic E-state index is 13.3. The first kappa shape index (κ1) is 14.1. The first-order valence-electron chi connectivity index (χ1n) is 6.02. The predicted molar refractivity (Wildman–Crippen MR) is 73.8 cm³/mol. The lowest BCUT2D eigenvalue weighted by molar-refractivity contribution is 0.284. The van der Waals surface area contributed by atoms with E-state index in [1.54, 1.807) is 6.07 Å². The van der Waals surface area contributed by atoms with Crippen molar-refractivity contribution in [1.82, 2.24) is 10.1 Å². The Morgan fingerprint density at radius 3 is 2.79 bits per heavy atom. The molecular weight excluding hydrogens is 313 g/mol. The summed E-state index contributed by atoms with van der Waals surface area (Å²) in [4.78, 5) is 4.26. The summed E-state index contributed by atoms with van der Waals surface area (Å²) < 4.78 is 19.1. The molecule has 19 heavy (non-hydrogen) atoms. The van der Waals surface area contributed by atoms with E-state index < -0.39 is 5.54 Å². The predicted octanol–water partition coefficient (Wildman–Crippen LogP) is 3.61. The minimum Gasteiger partial charge on any atom is -0.337 e. The van der Waals surface area contributed by atoms with Crippen LogP contribution >= 0.6 is 15.9 Å². The van der Waals surface area contributed by atoms with Crippen LogP contribution in [0.5, 0.6) is 0 Å². The number of nitrogens with zero attached hydrogens (tertiary/aromatic N) is 2. The average molecular weight is 328 g/mol. The topological polar surface area (TPSA) is 64.9 Å². The minimum absolute atomic E-state index is 0.336. The van der Waals surface area contributed by atoms with Crippen LogP contribution in [0.15, 0.2) is 27.2 Å². The van der Waals surface area contributed by atoms with Gasteiger partial charge in [0.25, 0.3) is 0 Å². The van der Waals surface area contributed by atoms with Gasteiger partial charge in [-0.1, -0.05) is 34.4 Å². The number of rotatable bonds is 4. The summed E-state index contributed by atoms with van der Waals surface area (Å²) in [7, 11) is 0. The highest BCUT2D eigenvalue weighted by atomic mass is 79.9. The number of benzene rings is 1. The van der Waals surface area contributed by atoms with E-state index in [-0.39, 0.29) is 5.82 Å². The molecule has 0 aliphatic rings. The lowest BCUT2D eigenvalue weighted by atomic mass is 9.98. The molecule has 0 radical (unpaired) electrons.